The van der Waals surface area contributed by atoms with Crippen LogP contribution < -0.4 is 20.4 Å². The Balaban J connectivity index is 1.48. The number of pyridine rings is 1. The molecule has 4 amide bonds. The lowest BCUT2D eigenvalue weighted by Gasteiger charge is -2.35. The number of aromatic nitrogens is 1. The maximum atomic E-state index is 13.1. The number of urea groups is 1. The summed E-state index contributed by atoms with van der Waals surface area (Å²) in [5.41, 5.74) is 2.19. The summed E-state index contributed by atoms with van der Waals surface area (Å²) in [5.74, 6) is -1.14. The van der Waals surface area contributed by atoms with Crippen LogP contribution in [-0.2, 0) is 16.1 Å². The van der Waals surface area contributed by atoms with Crippen molar-refractivity contribution in [2.45, 2.75) is 6.54 Å². The van der Waals surface area contributed by atoms with Gasteiger partial charge in [-0.15, -0.1) is 0 Å². The SMILES string of the molecule is O=C(CN1C(=O)CN(C(=O)Nc2ccc(F)cc2)c2ccccc21)NCc1cccnc1. The fraction of sp³-hybridized carbons (Fsp3) is 0.130. The molecule has 0 fully saturated rings. The Hall–Kier alpha value is -4.27. The van der Waals surface area contributed by atoms with E-state index in [1.807, 2.05) is 6.07 Å². The molecule has 0 atom stereocenters. The lowest BCUT2D eigenvalue weighted by molar-refractivity contribution is -0.123. The van der Waals surface area contributed by atoms with Crippen LogP contribution in [0.5, 0.6) is 0 Å². The van der Waals surface area contributed by atoms with Crippen molar-refractivity contribution >= 4 is 34.9 Å². The van der Waals surface area contributed by atoms with Crippen LogP contribution in [0.25, 0.3) is 0 Å². The Morgan fingerprint density at radius 2 is 1.75 bits per heavy atom. The van der Waals surface area contributed by atoms with Crippen molar-refractivity contribution in [3.63, 3.8) is 0 Å². The zero-order chi connectivity index (χ0) is 22.5. The number of hydrogen-bond acceptors (Lipinski definition) is 4. The van der Waals surface area contributed by atoms with Crippen LogP contribution in [0.2, 0.25) is 0 Å². The number of halogens is 1. The fourth-order valence-electron chi connectivity index (χ4n) is 3.34. The predicted molar refractivity (Wildman–Crippen MR) is 118 cm³/mol. The molecule has 2 aromatic carbocycles. The summed E-state index contributed by atoms with van der Waals surface area (Å²) >= 11 is 0. The van der Waals surface area contributed by atoms with Crippen molar-refractivity contribution in [3.8, 4) is 0 Å². The van der Waals surface area contributed by atoms with E-state index in [1.54, 1.807) is 42.7 Å². The van der Waals surface area contributed by atoms with Gasteiger partial charge in [0.1, 0.15) is 18.9 Å². The molecule has 9 heteroatoms. The zero-order valence-corrected chi connectivity index (χ0v) is 17.0. The van der Waals surface area contributed by atoms with Crippen molar-refractivity contribution in [2.24, 2.45) is 0 Å². The molecular weight excluding hydrogens is 413 g/mol. The number of carbonyl (C=O) groups is 3. The molecule has 1 aromatic heterocycles. The maximum Gasteiger partial charge on any atom is 0.326 e. The van der Waals surface area contributed by atoms with E-state index in [-0.39, 0.29) is 19.0 Å². The molecule has 4 rings (SSSR count). The summed E-state index contributed by atoms with van der Waals surface area (Å²) in [7, 11) is 0. The molecule has 0 saturated heterocycles. The highest BCUT2D eigenvalue weighted by Crippen LogP contribution is 2.33. The molecule has 0 saturated carbocycles. The summed E-state index contributed by atoms with van der Waals surface area (Å²) in [5, 5.41) is 5.43. The average molecular weight is 433 g/mol. The second-order valence-corrected chi connectivity index (χ2v) is 7.13. The van der Waals surface area contributed by atoms with E-state index >= 15 is 0 Å². The van der Waals surface area contributed by atoms with Crippen LogP contribution in [0, 0.1) is 5.82 Å². The molecule has 0 aliphatic carbocycles. The lowest BCUT2D eigenvalue weighted by Crippen LogP contribution is -2.51. The highest BCUT2D eigenvalue weighted by atomic mass is 19.1. The number of rotatable bonds is 5. The molecule has 3 aromatic rings. The first-order valence-electron chi connectivity index (χ1n) is 9.90. The van der Waals surface area contributed by atoms with E-state index in [9.17, 15) is 18.8 Å². The molecule has 2 N–H and O–H groups in total. The molecule has 0 spiro atoms. The number of nitrogens with zero attached hydrogens (tertiary/aromatic N) is 3. The van der Waals surface area contributed by atoms with E-state index in [1.165, 1.54) is 34.1 Å². The number of amides is 4. The Kier molecular flexibility index (Phi) is 6.07. The van der Waals surface area contributed by atoms with Gasteiger partial charge in [-0.1, -0.05) is 18.2 Å². The van der Waals surface area contributed by atoms with Crippen molar-refractivity contribution < 1.29 is 18.8 Å². The quantitative estimate of drug-likeness (QED) is 0.647. The van der Waals surface area contributed by atoms with Crippen LogP contribution in [0.15, 0.2) is 73.1 Å². The van der Waals surface area contributed by atoms with Gasteiger partial charge in [-0.2, -0.15) is 0 Å². The molecule has 0 unspecified atom stereocenters. The van der Waals surface area contributed by atoms with Crippen molar-refractivity contribution in [3.05, 3.63) is 84.4 Å². The van der Waals surface area contributed by atoms with Crippen LogP contribution in [-0.4, -0.2) is 35.9 Å². The van der Waals surface area contributed by atoms with Crippen LogP contribution in [0.4, 0.5) is 26.2 Å². The first kappa shape index (κ1) is 21.0. The summed E-state index contributed by atoms with van der Waals surface area (Å²) in [6.45, 7) is -0.119. The van der Waals surface area contributed by atoms with Crippen molar-refractivity contribution in [1.29, 1.82) is 0 Å². The van der Waals surface area contributed by atoms with Gasteiger partial charge in [-0.05, 0) is 48.0 Å². The Morgan fingerprint density at radius 3 is 2.47 bits per heavy atom. The number of benzene rings is 2. The van der Waals surface area contributed by atoms with Gasteiger partial charge in [0, 0.05) is 24.6 Å². The molecule has 0 radical (unpaired) electrons. The van der Waals surface area contributed by atoms with Crippen LogP contribution >= 0.6 is 0 Å². The molecule has 162 valence electrons. The first-order valence-corrected chi connectivity index (χ1v) is 9.90. The molecule has 1 aliphatic heterocycles. The van der Waals surface area contributed by atoms with E-state index in [0.717, 1.165) is 5.56 Å². The summed E-state index contributed by atoms with van der Waals surface area (Å²) in [4.78, 5) is 44.8. The lowest BCUT2D eigenvalue weighted by atomic mass is 10.1. The largest absolute Gasteiger partial charge is 0.350 e. The summed E-state index contributed by atoms with van der Waals surface area (Å²) in [6.07, 6.45) is 3.30. The highest BCUT2D eigenvalue weighted by Gasteiger charge is 2.33. The number of carbonyl (C=O) groups excluding carboxylic acids is 3. The van der Waals surface area contributed by atoms with E-state index < -0.39 is 17.8 Å². The second kappa shape index (κ2) is 9.25. The monoisotopic (exact) mass is 433 g/mol. The van der Waals surface area contributed by atoms with Crippen LogP contribution in [0.1, 0.15) is 5.56 Å². The van der Waals surface area contributed by atoms with E-state index in [2.05, 4.69) is 15.6 Å². The number of anilines is 3. The van der Waals surface area contributed by atoms with Gasteiger partial charge in [0.2, 0.25) is 11.8 Å². The van der Waals surface area contributed by atoms with Crippen molar-refractivity contribution in [1.82, 2.24) is 10.3 Å². The van der Waals surface area contributed by atoms with Gasteiger partial charge in [0.25, 0.3) is 0 Å². The minimum Gasteiger partial charge on any atom is -0.350 e. The van der Waals surface area contributed by atoms with Gasteiger partial charge >= 0.3 is 6.03 Å². The number of para-hydroxylation sites is 2. The first-order chi connectivity index (χ1) is 15.5. The Labute approximate surface area is 183 Å². The predicted octanol–water partition coefficient (Wildman–Crippen LogP) is 2.92. The molecule has 0 bridgehead atoms. The number of nitrogens with one attached hydrogen (secondary N) is 2. The van der Waals surface area contributed by atoms with E-state index in [0.29, 0.717) is 23.6 Å². The third-order valence-corrected chi connectivity index (χ3v) is 4.91. The van der Waals surface area contributed by atoms with Crippen molar-refractivity contribution in [2.75, 3.05) is 28.2 Å². The number of fused-ring (bicyclic) bond motifs is 1. The summed E-state index contributed by atoms with van der Waals surface area (Å²) < 4.78 is 13.1. The van der Waals surface area contributed by atoms with E-state index in [4.69, 9.17) is 0 Å². The normalized spacial score (nSPS) is 12.8. The molecule has 32 heavy (non-hydrogen) atoms. The molecular formula is C23H20FN5O3. The molecule has 8 nitrogen and oxygen atoms in total. The fourth-order valence-corrected chi connectivity index (χ4v) is 3.34. The third kappa shape index (κ3) is 4.72. The number of hydrogen-bond donors (Lipinski definition) is 2. The topological polar surface area (TPSA) is 94.6 Å². The van der Waals surface area contributed by atoms with Gasteiger partial charge in [-0.3, -0.25) is 24.4 Å². The van der Waals surface area contributed by atoms with Gasteiger partial charge in [-0.25, -0.2) is 9.18 Å². The average Bonchev–Trinajstić information content (AvgIpc) is 2.81. The summed E-state index contributed by atoms with van der Waals surface area (Å²) in [6, 6.07) is 15.3. The second-order valence-electron chi connectivity index (χ2n) is 7.13. The molecule has 1 aliphatic rings. The standard InChI is InChI=1S/C23H20FN5O3/c24-17-7-9-18(10-8-17)27-23(32)29-15-22(31)28(19-5-1-2-6-20(19)29)14-21(30)26-13-16-4-3-11-25-12-16/h1-12H,13-15H2,(H,26,30)(H,27,32). The third-order valence-electron chi connectivity index (χ3n) is 4.91. The van der Waals surface area contributed by atoms with Gasteiger partial charge < -0.3 is 10.6 Å². The minimum atomic E-state index is -0.530. The maximum absolute atomic E-state index is 13.1. The van der Waals surface area contributed by atoms with Gasteiger partial charge in [0.05, 0.1) is 11.4 Å². The highest BCUT2D eigenvalue weighted by molar-refractivity contribution is 6.14. The van der Waals surface area contributed by atoms with Crippen LogP contribution in [0.3, 0.4) is 0 Å². The zero-order valence-electron chi connectivity index (χ0n) is 17.0. The smallest absolute Gasteiger partial charge is 0.326 e. The van der Waals surface area contributed by atoms with Gasteiger partial charge in [0.15, 0.2) is 0 Å². The molecule has 2 heterocycles. The Morgan fingerprint density at radius 1 is 1.00 bits per heavy atom. The minimum absolute atomic E-state index is 0.177. The Bertz CT molecular complexity index is 1140.